The van der Waals surface area contributed by atoms with Gasteiger partial charge in [0.05, 0.1) is 44.5 Å². The van der Waals surface area contributed by atoms with E-state index in [1.807, 2.05) is 0 Å². The first kappa shape index (κ1) is 23.0. The molecule has 0 fully saturated rings. The molecule has 1 N–H and O–H groups in total. The zero-order valence-electron chi connectivity index (χ0n) is 17.4. The summed E-state index contributed by atoms with van der Waals surface area (Å²) >= 11 is 0. The van der Waals surface area contributed by atoms with E-state index in [0.29, 0.717) is 17.2 Å². The lowest BCUT2D eigenvalue weighted by Crippen LogP contribution is -2.29. The van der Waals surface area contributed by atoms with E-state index in [4.69, 9.17) is 14.2 Å². The van der Waals surface area contributed by atoms with Gasteiger partial charge in [0, 0.05) is 24.2 Å². The monoisotopic (exact) mass is 436 g/mol. The third-order valence-corrected chi connectivity index (χ3v) is 5.55. The maximum atomic E-state index is 12.7. The summed E-state index contributed by atoms with van der Waals surface area (Å²) in [6.07, 6.45) is 1.11. The minimum Gasteiger partial charge on any atom is -0.493 e. The fraction of sp³-hybridized carbons (Fsp3) is 0.300. The van der Waals surface area contributed by atoms with Crippen LogP contribution in [0, 0.1) is 0 Å². The third-order valence-electron chi connectivity index (χ3n) is 4.28. The van der Waals surface area contributed by atoms with Gasteiger partial charge in [-0.25, -0.2) is 13.2 Å². The summed E-state index contributed by atoms with van der Waals surface area (Å²) in [4.78, 5) is 24.8. The average molecular weight is 436 g/mol. The third kappa shape index (κ3) is 5.01. The molecule has 10 heteroatoms. The molecule has 0 aliphatic heterocycles. The number of hydrogen-bond donors (Lipinski definition) is 1. The normalized spacial score (nSPS) is 10.8. The van der Waals surface area contributed by atoms with Crippen molar-refractivity contribution in [2.45, 2.75) is 6.92 Å². The van der Waals surface area contributed by atoms with Gasteiger partial charge in [-0.05, 0) is 31.2 Å². The molecule has 2 aromatic rings. The highest BCUT2D eigenvalue weighted by atomic mass is 32.2. The molecule has 2 rings (SSSR count). The molecule has 0 radical (unpaired) electrons. The van der Waals surface area contributed by atoms with Crippen LogP contribution in [0.15, 0.2) is 36.4 Å². The Hall–Kier alpha value is -3.27. The number of amides is 1. The number of rotatable bonds is 8. The van der Waals surface area contributed by atoms with Gasteiger partial charge in [-0.2, -0.15) is 0 Å². The van der Waals surface area contributed by atoms with Crippen molar-refractivity contribution in [3.63, 3.8) is 0 Å². The van der Waals surface area contributed by atoms with E-state index < -0.39 is 21.9 Å². The maximum Gasteiger partial charge on any atom is 0.340 e. The quantitative estimate of drug-likeness (QED) is 0.633. The summed E-state index contributed by atoms with van der Waals surface area (Å²) < 4.78 is 40.1. The number of sulfonamides is 1. The van der Waals surface area contributed by atoms with Gasteiger partial charge in [0.15, 0.2) is 11.5 Å². The number of hydrogen-bond acceptors (Lipinski definition) is 7. The molecule has 9 nitrogen and oxygen atoms in total. The van der Waals surface area contributed by atoms with E-state index in [1.54, 1.807) is 6.92 Å². The number of ether oxygens (including phenoxy) is 3. The van der Waals surface area contributed by atoms with Crippen molar-refractivity contribution in [2.75, 3.05) is 43.8 Å². The Morgan fingerprint density at radius 3 is 2.03 bits per heavy atom. The summed E-state index contributed by atoms with van der Waals surface area (Å²) in [5.74, 6) is -0.530. The maximum absolute atomic E-state index is 12.7. The van der Waals surface area contributed by atoms with Crippen LogP contribution in [0.25, 0.3) is 0 Å². The minimum absolute atomic E-state index is 0.0920. The molecule has 30 heavy (non-hydrogen) atoms. The molecular formula is C20H24N2O7S. The van der Waals surface area contributed by atoms with Crippen LogP contribution in [0.4, 0.5) is 11.4 Å². The first-order valence-electron chi connectivity index (χ1n) is 8.89. The summed E-state index contributed by atoms with van der Waals surface area (Å²) in [5, 5.41) is 2.65. The van der Waals surface area contributed by atoms with E-state index in [9.17, 15) is 18.0 Å². The van der Waals surface area contributed by atoms with E-state index in [1.165, 1.54) is 62.0 Å². The van der Waals surface area contributed by atoms with Crippen LogP contribution >= 0.6 is 0 Å². The Bertz CT molecular complexity index is 1030. The zero-order chi connectivity index (χ0) is 22.5. The highest BCUT2D eigenvalue weighted by molar-refractivity contribution is 7.92. The van der Waals surface area contributed by atoms with Crippen molar-refractivity contribution in [3.8, 4) is 11.5 Å². The minimum atomic E-state index is -3.43. The van der Waals surface area contributed by atoms with Crippen LogP contribution in [0.3, 0.4) is 0 Å². The van der Waals surface area contributed by atoms with Crippen LogP contribution in [0.5, 0.6) is 11.5 Å². The molecule has 0 heterocycles. The standard InChI is InChI=1S/C20H24N2O7S/c1-6-22(30(5,25)26)14-9-7-13(8-10-14)19(23)21-16-12-18(28-3)17(27-2)11-15(16)20(24)29-4/h7-12H,6H2,1-5H3,(H,21,23). The molecule has 0 saturated carbocycles. The Labute approximate surface area is 175 Å². The predicted molar refractivity (Wildman–Crippen MR) is 113 cm³/mol. The van der Waals surface area contributed by atoms with Crippen molar-refractivity contribution in [1.29, 1.82) is 0 Å². The van der Waals surface area contributed by atoms with Gasteiger partial charge in [0.2, 0.25) is 10.0 Å². The molecule has 162 valence electrons. The van der Waals surface area contributed by atoms with Gasteiger partial charge in [-0.3, -0.25) is 9.10 Å². The van der Waals surface area contributed by atoms with Crippen molar-refractivity contribution < 1.29 is 32.2 Å². The lowest BCUT2D eigenvalue weighted by molar-refractivity contribution is 0.0601. The summed E-state index contributed by atoms with van der Waals surface area (Å²) in [6, 6.07) is 8.94. The number of anilines is 2. The summed E-state index contributed by atoms with van der Waals surface area (Å²) in [5.41, 5.74) is 0.987. The van der Waals surface area contributed by atoms with Gasteiger partial charge < -0.3 is 19.5 Å². The number of carbonyl (C=O) groups is 2. The Kier molecular flexibility index (Phi) is 7.28. The lowest BCUT2D eigenvalue weighted by atomic mass is 10.1. The van der Waals surface area contributed by atoms with Crippen LogP contribution in [0.2, 0.25) is 0 Å². The fourth-order valence-corrected chi connectivity index (χ4v) is 3.82. The SMILES string of the molecule is CCN(c1ccc(C(=O)Nc2cc(OC)c(OC)cc2C(=O)OC)cc1)S(C)(=O)=O. The van der Waals surface area contributed by atoms with Gasteiger partial charge in [-0.1, -0.05) is 0 Å². The smallest absolute Gasteiger partial charge is 0.340 e. The fourth-order valence-electron chi connectivity index (χ4n) is 2.84. The first-order valence-corrected chi connectivity index (χ1v) is 10.7. The van der Waals surface area contributed by atoms with Gasteiger partial charge >= 0.3 is 5.97 Å². The number of methoxy groups -OCH3 is 3. The van der Waals surface area contributed by atoms with E-state index in [-0.39, 0.29) is 23.4 Å². The van der Waals surface area contributed by atoms with Crippen LogP contribution in [-0.2, 0) is 14.8 Å². The summed E-state index contributed by atoms with van der Waals surface area (Å²) in [7, 11) is 0.658. The number of nitrogens with zero attached hydrogens (tertiary/aromatic N) is 1. The molecule has 0 spiro atoms. The molecule has 0 atom stereocenters. The number of nitrogens with one attached hydrogen (secondary N) is 1. The number of benzene rings is 2. The van der Waals surface area contributed by atoms with Crippen LogP contribution in [0.1, 0.15) is 27.6 Å². The van der Waals surface area contributed by atoms with E-state index in [0.717, 1.165) is 6.26 Å². The van der Waals surface area contributed by atoms with Crippen molar-refractivity contribution in [3.05, 3.63) is 47.5 Å². The van der Waals surface area contributed by atoms with Crippen LogP contribution in [-0.4, -0.2) is 54.4 Å². The Balaban J connectivity index is 2.36. The van der Waals surface area contributed by atoms with Crippen molar-refractivity contribution >= 4 is 33.3 Å². The topological polar surface area (TPSA) is 111 Å². The molecule has 0 aliphatic rings. The average Bonchev–Trinajstić information content (AvgIpc) is 2.72. The summed E-state index contributed by atoms with van der Waals surface area (Å²) in [6.45, 7) is 1.98. The molecule has 0 aliphatic carbocycles. The Morgan fingerprint density at radius 1 is 1.00 bits per heavy atom. The van der Waals surface area contributed by atoms with Crippen molar-refractivity contribution in [2.24, 2.45) is 0 Å². The molecule has 0 aromatic heterocycles. The second kappa shape index (κ2) is 9.49. The van der Waals surface area contributed by atoms with Crippen molar-refractivity contribution in [1.82, 2.24) is 0 Å². The zero-order valence-corrected chi connectivity index (χ0v) is 18.2. The largest absolute Gasteiger partial charge is 0.493 e. The molecular weight excluding hydrogens is 412 g/mol. The Morgan fingerprint density at radius 2 is 1.57 bits per heavy atom. The second-order valence-electron chi connectivity index (χ2n) is 6.17. The molecule has 0 bridgehead atoms. The predicted octanol–water partition coefficient (Wildman–Crippen LogP) is 2.53. The highest BCUT2D eigenvalue weighted by Gasteiger charge is 2.20. The first-order chi connectivity index (χ1) is 14.2. The lowest BCUT2D eigenvalue weighted by Gasteiger charge is -2.20. The molecule has 1 amide bonds. The number of carbonyl (C=O) groups excluding carboxylic acids is 2. The number of esters is 1. The van der Waals surface area contributed by atoms with Gasteiger partial charge in [0.25, 0.3) is 5.91 Å². The highest BCUT2D eigenvalue weighted by Crippen LogP contribution is 2.34. The van der Waals surface area contributed by atoms with Crippen LogP contribution < -0.4 is 19.1 Å². The second-order valence-corrected chi connectivity index (χ2v) is 8.08. The van der Waals surface area contributed by atoms with Gasteiger partial charge in [0.1, 0.15) is 0 Å². The van der Waals surface area contributed by atoms with E-state index >= 15 is 0 Å². The van der Waals surface area contributed by atoms with Gasteiger partial charge in [-0.15, -0.1) is 0 Å². The van der Waals surface area contributed by atoms with E-state index in [2.05, 4.69) is 5.32 Å². The molecule has 0 saturated heterocycles. The molecule has 0 unspecified atom stereocenters. The molecule has 2 aromatic carbocycles.